The minimum absolute atomic E-state index is 0.485. The fraction of sp³-hybridized carbons (Fsp3) is 0.533. The number of nitriles is 1. The van der Waals surface area contributed by atoms with Crippen molar-refractivity contribution in [2.45, 2.75) is 41.8 Å². The minimum atomic E-state index is -0.864. The third-order valence-corrected chi connectivity index (χ3v) is 5.76. The van der Waals surface area contributed by atoms with Gasteiger partial charge in [-0.2, -0.15) is 17.0 Å². The second kappa shape index (κ2) is 4.73. The van der Waals surface area contributed by atoms with E-state index >= 15 is 0 Å². The Labute approximate surface area is 117 Å². The van der Waals surface area contributed by atoms with Crippen molar-refractivity contribution in [3.63, 3.8) is 0 Å². The van der Waals surface area contributed by atoms with Crippen LogP contribution in [-0.2, 0) is 5.60 Å². The molecule has 0 radical (unpaired) electrons. The lowest BCUT2D eigenvalue weighted by Gasteiger charge is -2.37. The Morgan fingerprint density at radius 3 is 2.63 bits per heavy atom. The highest BCUT2D eigenvalue weighted by atomic mass is 32.2. The summed E-state index contributed by atoms with van der Waals surface area (Å²) in [4.78, 5) is 0. The van der Waals surface area contributed by atoms with Crippen LogP contribution in [0.2, 0.25) is 0 Å². The van der Waals surface area contributed by atoms with E-state index in [1.165, 1.54) is 12.8 Å². The molecular formula is C15H17NO2S. The molecule has 0 amide bonds. The first-order valence-corrected chi connectivity index (χ1v) is 7.56. The number of benzene rings is 1. The predicted octanol–water partition coefficient (Wildman–Crippen LogP) is 2.81. The number of methoxy groups -OCH3 is 1. The van der Waals surface area contributed by atoms with Gasteiger partial charge in [-0.05, 0) is 31.7 Å². The molecule has 1 N–H and O–H groups in total. The van der Waals surface area contributed by atoms with Crippen LogP contribution in [-0.4, -0.2) is 22.7 Å². The number of hydrogen-bond donors (Lipinski definition) is 1. The molecule has 2 aliphatic heterocycles. The number of thioether (sulfide) groups is 1. The summed E-state index contributed by atoms with van der Waals surface area (Å²) in [5, 5.41) is 21.5. The van der Waals surface area contributed by atoms with Gasteiger partial charge in [-0.15, -0.1) is 0 Å². The van der Waals surface area contributed by atoms with Crippen LogP contribution in [0.25, 0.3) is 0 Å². The van der Waals surface area contributed by atoms with Gasteiger partial charge in [0.25, 0.3) is 0 Å². The van der Waals surface area contributed by atoms with Crippen molar-refractivity contribution < 1.29 is 9.84 Å². The summed E-state index contributed by atoms with van der Waals surface area (Å²) in [6.07, 6.45) is 3.86. The van der Waals surface area contributed by atoms with Crippen molar-refractivity contribution in [1.82, 2.24) is 0 Å². The molecule has 0 aromatic heterocycles. The van der Waals surface area contributed by atoms with E-state index in [0.717, 1.165) is 18.4 Å². The van der Waals surface area contributed by atoms with Crippen molar-refractivity contribution in [3.05, 3.63) is 29.3 Å². The van der Waals surface area contributed by atoms with E-state index in [-0.39, 0.29) is 0 Å². The van der Waals surface area contributed by atoms with Gasteiger partial charge in [-0.1, -0.05) is 12.1 Å². The molecule has 0 spiro atoms. The van der Waals surface area contributed by atoms with Crippen LogP contribution >= 0.6 is 11.8 Å². The average molecular weight is 275 g/mol. The molecule has 2 bridgehead atoms. The number of rotatable bonds is 2. The van der Waals surface area contributed by atoms with E-state index in [1.807, 2.05) is 23.9 Å². The molecule has 19 heavy (non-hydrogen) atoms. The smallest absolute Gasteiger partial charge is 0.137 e. The lowest BCUT2D eigenvalue weighted by atomic mass is 9.83. The Kier molecular flexibility index (Phi) is 3.20. The van der Waals surface area contributed by atoms with Crippen LogP contribution in [0.1, 0.15) is 36.8 Å². The third-order valence-electron chi connectivity index (χ3n) is 4.19. The highest BCUT2D eigenvalue weighted by Gasteiger charge is 2.45. The van der Waals surface area contributed by atoms with Crippen LogP contribution in [0.3, 0.4) is 0 Å². The maximum atomic E-state index is 11.0. The van der Waals surface area contributed by atoms with Crippen molar-refractivity contribution in [1.29, 1.82) is 5.26 Å². The van der Waals surface area contributed by atoms with Crippen LogP contribution in [0.4, 0.5) is 0 Å². The highest BCUT2D eigenvalue weighted by Crippen LogP contribution is 2.52. The second-order valence-electron chi connectivity index (χ2n) is 5.39. The monoisotopic (exact) mass is 275 g/mol. The Morgan fingerprint density at radius 1 is 1.37 bits per heavy atom. The zero-order valence-corrected chi connectivity index (χ0v) is 11.7. The van der Waals surface area contributed by atoms with E-state index < -0.39 is 5.60 Å². The van der Waals surface area contributed by atoms with Gasteiger partial charge in [0.15, 0.2) is 0 Å². The summed E-state index contributed by atoms with van der Waals surface area (Å²) in [5.74, 6) is 0.555. The van der Waals surface area contributed by atoms with Gasteiger partial charge in [0.1, 0.15) is 17.4 Å². The fourth-order valence-electron chi connectivity index (χ4n) is 3.34. The highest BCUT2D eigenvalue weighted by molar-refractivity contribution is 8.00. The number of ether oxygens (including phenoxy) is 1. The summed E-state index contributed by atoms with van der Waals surface area (Å²) in [6, 6.07) is 7.70. The second-order valence-corrected chi connectivity index (χ2v) is 7.00. The van der Waals surface area contributed by atoms with E-state index in [0.29, 0.717) is 21.8 Å². The topological polar surface area (TPSA) is 53.2 Å². The molecule has 2 aliphatic rings. The Balaban J connectivity index is 2.04. The molecule has 2 atom stereocenters. The van der Waals surface area contributed by atoms with Crippen LogP contribution in [0.5, 0.6) is 5.75 Å². The number of hydrogen-bond acceptors (Lipinski definition) is 4. The Bertz CT molecular complexity index is 525. The van der Waals surface area contributed by atoms with E-state index in [4.69, 9.17) is 4.74 Å². The van der Waals surface area contributed by atoms with Gasteiger partial charge in [0.2, 0.25) is 0 Å². The molecule has 2 unspecified atom stereocenters. The molecule has 3 rings (SSSR count). The molecule has 100 valence electrons. The lowest BCUT2D eigenvalue weighted by molar-refractivity contribution is 0.0192. The lowest BCUT2D eigenvalue weighted by Crippen LogP contribution is -2.35. The first-order valence-electron chi connectivity index (χ1n) is 6.62. The molecule has 0 aliphatic carbocycles. The molecule has 2 saturated heterocycles. The fourth-order valence-corrected chi connectivity index (χ4v) is 5.17. The maximum absolute atomic E-state index is 11.0. The van der Waals surface area contributed by atoms with Gasteiger partial charge < -0.3 is 9.84 Å². The standard InChI is InChI=1S/C15H17NO2S/c1-18-14-4-2-3-13(12(14)9-16)15(17)7-10-5-6-11(8-15)19-10/h2-4,10-11,17H,5-8H2,1H3. The molecule has 4 heteroatoms. The van der Waals surface area contributed by atoms with Crippen LogP contribution < -0.4 is 4.74 Å². The predicted molar refractivity (Wildman–Crippen MR) is 75.2 cm³/mol. The van der Waals surface area contributed by atoms with Crippen molar-refractivity contribution in [2.24, 2.45) is 0 Å². The number of nitrogens with zero attached hydrogens (tertiary/aromatic N) is 1. The van der Waals surface area contributed by atoms with Crippen molar-refractivity contribution in [2.75, 3.05) is 7.11 Å². The van der Waals surface area contributed by atoms with E-state index in [1.54, 1.807) is 13.2 Å². The Morgan fingerprint density at radius 2 is 2.05 bits per heavy atom. The number of aliphatic hydroxyl groups is 1. The van der Waals surface area contributed by atoms with Gasteiger partial charge in [0, 0.05) is 16.1 Å². The van der Waals surface area contributed by atoms with Crippen LogP contribution in [0.15, 0.2) is 18.2 Å². The molecule has 1 aromatic carbocycles. The largest absolute Gasteiger partial charge is 0.495 e. The maximum Gasteiger partial charge on any atom is 0.137 e. The summed E-state index contributed by atoms with van der Waals surface area (Å²) < 4.78 is 5.24. The van der Waals surface area contributed by atoms with Crippen molar-refractivity contribution >= 4 is 11.8 Å². The quantitative estimate of drug-likeness (QED) is 0.901. The zero-order chi connectivity index (χ0) is 13.5. The molecule has 1 aromatic rings. The molecule has 0 saturated carbocycles. The summed E-state index contributed by atoms with van der Waals surface area (Å²) in [5.41, 5.74) is 0.363. The van der Waals surface area contributed by atoms with E-state index in [2.05, 4.69) is 6.07 Å². The first kappa shape index (κ1) is 12.8. The van der Waals surface area contributed by atoms with Crippen molar-refractivity contribution in [3.8, 4) is 11.8 Å². The molecule has 2 heterocycles. The van der Waals surface area contributed by atoms with Gasteiger partial charge in [-0.3, -0.25) is 0 Å². The normalized spacial score (nSPS) is 32.9. The summed E-state index contributed by atoms with van der Waals surface area (Å²) in [6.45, 7) is 0. The molecule has 2 fully saturated rings. The minimum Gasteiger partial charge on any atom is -0.495 e. The van der Waals surface area contributed by atoms with Gasteiger partial charge >= 0.3 is 0 Å². The molecular weight excluding hydrogens is 258 g/mol. The third kappa shape index (κ3) is 2.11. The van der Waals surface area contributed by atoms with Gasteiger partial charge in [0.05, 0.1) is 12.7 Å². The van der Waals surface area contributed by atoms with E-state index in [9.17, 15) is 10.4 Å². The summed E-state index contributed by atoms with van der Waals surface area (Å²) in [7, 11) is 1.56. The molecule has 3 nitrogen and oxygen atoms in total. The average Bonchev–Trinajstić information content (AvgIpc) is 2.77. The zero-order valence-electron chi connectivity index (χ0n) is 10.9. The van der Waals surface area contributed by atoms with Crippen LogP contribution in [0, 0.1) is 11.3 Å². The van der Waals surface area contributed by atoms with Gasteiger partial charge in [-0.25, -0.2) is 0 Å². The summed E-state index contributed by atoms with van der Waals surface area (Å²) >= 11 is 2.00. The Hall–Kier alpha value is -1.18. The first-order chi connectivity index (χ1) is 9.16. The number of fused-ring (bicyclic) bond motifs is 2. The SMILES string of the molecule is COc1cccc(C2(O)CC3CCC(C2)S3)c1C#N.